The van der Waals surface area contributed by atoms with Crippen LogP contribution in [0.25, 0.3) is 0 Å². The summed E-state index contributed by atoms with van der Waals surface area (Å²) in [5, 5.41) is 5.33. The van der Waals surface area contributed by atoms with Crippen LogP contribution in [0.2, 0.25) is 0 Å². The highest BCUT2D eigenvalue weighted by Crippen LogP contribution is 2.33. The summed E-state index contributed by atoms with van der Waals surface area (Å²) in [6.45, 7) is 4.00. The molecule has 3 amide bonds. The van der Waals surface area contributed by atoms with Crippen LogP contribution < -0.4 is 10.6 Å². The monoisotopic (exact) mass is 333 g/mol. The number of benzene rings is 1. The van der Waals surface area contributed by atoms with Gasteiger partial charge in [-0.25, -0.2) is 9.18 Å². The lowest BCUT2D eigenvalue weighted by atomic mass is 9.96. The van der Waals surface area contributed by atoms with Gasteiger partial charge < -0.3 is 20.3 Å². The molecule has 0 radical (unpaired) electrons. The molecular formula is C17H20FN3O3. The van der Waals surface area contributed by atoms with E-state index in [9.17, 15) is 14.0 Å². The summed E-state index contributed by atoms with van der Waals surface area (Å²) in [6.07, 6.45) is 0.714. The molecule has 1 atom stereocenters. The smallest absolute Gasteiger partial charge is 0.319 e. The standard InChI is InChI=1S/C17H20FN3O3/c1-2-24-9-5-8-21-10-13-14(16(21)22)15(20-17(23)19-13)11-6-3-4-7-12(11)18/h3-4,6-7,15H,2,5,8-10H2,1H3,(H2,19,20,23)/t15-/m0/s1. The molecule has 2 aliphatic heterocycles. The van der Waals surface area contributed by atoms with Crippen molar-refractivity contribution < 1.29 is 18.7 Å². The third-order valence-corrected chi connectivity index (χ3v) is 4.16. The number of carbonyl (C=O) groups is 2. The number of rotatable bonds is 6. The SMILES string of the molecule is CCOCCCN1CC2=C(C1=O)[C@H](c1ccccc1F)NC(=O)N2. The maximum Gasteiger partial charge on any atom is 0.319 e. The van der Waals surface area contributed by atoms with Gasteiger partial charge in [-0.2, -0.15) is 0 Å². The molecule has 2 N–H and O–H groups in total. The zero-order chi connectivity index (χ0) is 17.1. The molecule has 1 aromatic rings. The van der Waals surface area contributed by atoms with Crippen molar-refractivity contribution in [2.45, 2.75) is 19.4 Å². The van der Waals surface area contributed by atoms with Crippen molar-refractivity contribution in [1.82, 2.24) is 15.5 Å². The van der Waals surface area contributed by atoms with Crippen LogP contribution in [0.3, 0.4) is 0 Å². The average Bonchev–Trinajstić information content (AvgIpc) is 2.87. The Morgan fingerprint density at radius 1 is 1.33 bits per heavy atom. The highest BCUT2D eigenvalue weighted by atomic mass is 19.1. The molecule has 6 nitrogen and oxygen atoms in total. The Hall–Kier alpha value is -2.41. The molecule has 128 valence electrons. The number of hydrogen-bond donors (Lipinski definition) is 2. The topological polar surface area (TPSA) is 70.7 Å². The Morgan fingerprint density at radius 3 is 2.88 bits per heavy atom. The van der Waals surface area contributed by atoms with Crippen molar-refractivity contribution in [3.8, 4) is 0 Å². The second kappa shape index (κ2) is 7.00. The van der Waals surface area contributed by atoms with Gasteiger partial charge in [-0.05, 0) is 19.4 Å². The van der Waals surface area contributed by atoms with Crippen LogP contribution in [0.4, 0.5) is 9.18 Å². The maximum absolute atomic E-state index is 14.1. The highest BCUT2D eigenvalue weighted by molar-refractivity contribution is 6.01. The third kappa shape index (κ3) is 3.12. The first-order chi connectivity index (χ1) is 11.6. The van der Waals surface area contributed by atoms with Gasteiger partial charge in [0.1, 0.15) is 5.82 Å². The predicted molar refractivity (Wildman–Crippen MR) is 85.5 cm³/mol. The molecule has 7 heteroatoms. The van der Waals surface area contributed by atoms with Gasteiger partial charge in [0.2, 0.25) is 0 Å². The van der Waals surface area contributed by atoms with Gasteiger partial charge in [-0.15, -0.1) is 0 Å². The summed E-state index contributed by atoms with van der Waals surface area (Å²) < 4.78 is 19.4. The van der Waals surface area contributed by atoms with E-state index in [0.29, 0.717) is 49.6 Å². The zero-order valence-electron chi connectivity index (χ0n) is 13.5. The molecule has 0 spiro atoms. The summed E-state index contributed by atoms with van der Waals surface area (Å²) in [5.41, 5.74) is 1.26. The lowest BCUT2D eigenvalue weighted by molar-refractivity contribution is -0.126. The molecule has 1 aromatic carbocycles. The molecule has 2 heterocycles. The number of ether oxygens (including phenoxy) is 1. The molecule has 0 unspecified atom stereocenters. The summed E-state index contributed by atoms with van der Waals surface area (Å²) in [7, 11) is 0. The van der Waals surface area contributed by atoms with Gasteiger partial charge in [-0.3, -0.25) is 4.79 Å². The Kier molecular flexibility index (Phi) is 4.80. The molecule has 0 aliphatic carbocycles. The van der Waals surface area contributed by atoms with Crippen molar-refractivity contribution in [2.24, 2.45) is 0 Å². The largest absolute Gasteiger partial charge is 0.382 e. The second-order valence-corrected chi connectivity index (χ2v) is 5.72. The Balaban J connectivity index is 1.80. The Labute approximate surface area is 139 Å². The van der Waals surface area contributed by atoms with E-state index >= 15 is 0 Å². The van der Waals surface area contributed by atoms with Crippen LogP contribution in [-0.4, -0.2) is 43.1 Å². The first-order valence-electron chi connectivity index (χ1n) is 8.03. The number of urea groups is 1. The van der Waals surface area contributed by atoms with E-state index in [2.05, 4.69) is 10.6 Å². The van der Waals surface area contributed by atoms with Crippen molar-refractivity contribution in [3.05, 3.63) is 46.9 Å². The van der Waals surface area contributed by atoms with Crippen LogP contribution in [0, 0.1) is 5.82 Å². The zero-order valence-corrected chi connectivity index (χ0v) is 13.5. The number of carbonyl (C=O) groups excluding carboxylic acids is 2. The average molecular weight is 333 g/mol. The van der Waals surface area contributed by atoms with Crippen LogP contribution in [0.1, 0.15) is 24.9 Å². The Bertz CT molecular complexity index is 689. The normalized spacial score (nSPS) is 20.1. The van der Waals surface area contributed by atoms with Crippen molar-refractivity contribution >= 4 is 11.9 Å². The first kappa shape index (κ1) is 16.4. The fourth-order valence-corrected chi connectivity index (χ4v) is 3.05. The molecule has 3 rings (SSSR count). The van der Waals surface area contributed by atoms with E-state index in [1.807, 2.05) is 6.92 Å². The van der Waals surface area contributed by atoms with Gasteiger partial charge in [0, 0.05) is 25.3 Å². The van der Waals surface area contributed by atoms with Crippen LogP contribution in [0.15, 0.2) is 35.5 Å². The van der Waals surface area contributed by atoms with E-state index in [1.165, 1.54) is 6.07 Å². The molecular weight excluding hydrogens is 313 g/mol. The van der Waals surface area contributed by atoms with Crippen molar-refractivity contribution in [2.75, 3.05) is 26.3 Å². The predicted octanol–water partition coefficient (Wildman–Crippen LogP) is 1.70. The molecule has 2 aliphatic rings. The number of halogens is 1. The fraction of sp³-hybridized carbons (Fsp3) is 0.412. The maximum atomic E-state index is 14.1. The van der Waals surface area contributed by atoms with E-state index < -0.39 is 17.9 Å². The van der Waals surface area contributed by atoms with Crippen molar-refractivity contribution in [1.29, 1.82) is 0 Å². The molecule has 0 bridgehead atoms. The van der Waals surface area contributed by atoms with Crippen LogP contribution in [0.5, 0.6) is 0 Å². The van der Waals surface area contributed by atoms with Gasteiger partial charge in [0.25, 0.3) is 5.91 Å². The minimum Gasteiger partial charge on any atom is -0.382 e. The number of nitrogens with zero attached hydrogens (tertiary/aromatic N) is 1. The second-order valence-electron chi connectivity index (χ2n) is 5.72. The highest BCUT2D eigenvalue weighted by Gasteiger charge is 2.40. The summed E-state index contributed by atoms with van der Waals surface area (Å²) >= 11 is 0. The Morgan fingerprint density at radius 2 is 2.12 bits per heavy atom. The van der Waals surface area contributed by atoms with Gasteiger partial charge in [0.05, 0.1) is 23.9 Å². The van der Waals surface area contributed by atoms with E-state index in [0.717, 1.165) is 0 Å². The van der Waals surface area contributed by atoms with E-state index in [1.54, 1.807) is 23.1 Å². The lowest BCUT2D eigenvalue weighted by Crippen LogP contribution is -2.44. The quantitative estimate of drug-likeness (QED) is 0.779. The molecule has 24 heavy (non-hydrogen) atoms. The fourth-order valence-electron chi connectivity index (χ4n) is 3.05. The lowest BCUT2D eigenvalue weighted by Gasteiger charge is -2.25. The van der Waals surface area contributed by atoms with E-state index in [4.69, 9.17) is 4.74 Å². The first-order valence-corrected chi connectivity index (χ1v) is 8.03. The van der Waals surface area contributed by atoms with Gasteiger partial charge >= 0.3 is 6.03 Å². The number of hydrogen-bond acceptors (Lipinski definition) is 3. The van der Waals surface area contributed by atoms with Gasteiger partial charge in [-0.1, -0.05) is 18.2 Å². The molecule has 0 aromatic heterocycles. The summed E-state index contributed by atoms with van der Waals surface area (Å²) in [6, 6.07) is 4.98. The van der Waals surface area contributed by atoms with Crippen LogP contribution in [-0.2, 0) is 9.53 Å². The summed E-state index contributed by atoms with van der Waals surface area (Å²) in [4.78, 5) is 26.3. The number of nitrogens with one attached hydrogen (secondary N) is 2. The number of amides is 3. The molecule has 0 saturated heterocycles. The molecule has 0 fully saturated rings. The van der Waals surface area contributed by atoms with Crippen LogP contribution >= 0.6 is 0 Å². The minimum atomic E-state index is -0.764. The summed E-state index contributed by atoms with van der Waals surface area (Å²) in [5.74, 6) is -0.624. The third-order valence-electron chi connectivity index (χ3n) is 4.16. The minimum absolute atomic E-state index is 0.178. The van der Waals surface area contributed by atoms with Gasteiger partial charge in [0.15, 0.2) is 0 Å². The van der Waals surface area contributed by atoms with Crippen molar-refractivity contribution in [3.63, 3.8) is 0 Å². The van der Waals surface area contributed by atoms with E-state index in [-0.39, 0.29) is 5.91 Å². The molecule has 0 saturated carbocycles.